The lowest BCUT2D eigenvalue weighted by atomic mass is 10.2. The third kappa shape index (κ3) is 5.60. The average Bonchev–Trinajstić information content (AvgIpc) is 2.71. The van der Waals surface area contributed by atoms with Gasteiger partial charge in [0.25, 0.3) is 0 Å². The molecule has 0 atom stereocenters. The Kier molecular flexibility index (Phi) is 6.36. The molecule has 3 rings (SSSR count). The maximum atomic E-state index is 12.9. The Morgan fingerprint density at radius 2 is 1.68 bits per heavy atom. The van der Waals surface area contributed by atoms with Crippen LogP contribution >= 0.6 is 11.8 Å². The molecular formula is C21H17F3N2OS. The van der Waals surface area contributed by atoms with Crippen molar-refractivity contribution in [2.24, 2.45) is 0 Å². The minimum Gasteiger partial charge on any atom is -0.489 e. The molecule has 1 aromatic heterocycles. The van der Waals surface area contributed by atoms with Crippen LogP contribution in [0.4, 0.5) is 13.2 Å². The van der Waals surface area contributed by atoms with Gasteiger partial charge in [-0.15, -0.1) is 0 Å². The van der Waals surface area contributed by atoms with Gasteiger partial charge in [0, 0.05) is 0 Å². The molecule has 0 aliphatic heterocycles. The van der Waals surface area contributed by atoms with Gasteiger partial charge in [0.1, 0.15) is 18.1 Å². The van der Waals surface area contributed by atoms with E-state index in [1.807, 2.05) is 54.6 Å². The second-order valence-electron chi connectivity index (χ2n) is 5.84. The third-order valence-electron chi connectivity index (χ3n) is 3.77. The first kappa shape index (κ1) is 19.9. The van der Waals surface area contributed by atoms with Crippen LogP contribution in [-0.4, -0.2) is 16.2 Å². The summed E-state index contributed by atoms with van der Waals surface area (Å²) in [4.78, 5) is 7.61. The number of benzene rings is 2. The molecule has 0 amide bonds. The van der Waals surface area contributed by atoms with Crippen molar-refractivity contribution in [1.29, 1.82) is 0 Å². The summed E-state index contributed by atoms with van der Waals surface area (Å²) in [5.74, 6) is 0.715. The molecule has 0 aliphatic rings. The summed E-state index contributed by atoms with van der Waals surface area (Å²) < 4.78 is 44.6. The molecule has 7 heteroatoms. The number of halogens is 3. The van der Waals surface area contributed by atoms with Crippen LogP contribution in [0, 0.1) is 0 Å². The molecule has 28 heavy (non-hydrogen) atoms. The topological polar surface area (TPSA) is 35.0 Å². The smallest absolute Gasteiger partial charge is 0.433 e. The molecule has 0 bridgehead atoms. The van der Waals surface area contributed by atoms with Gasteiger partial charge in [0.2, 0.25) is 0 Å². The zero-order chi connectivity index (χ0) is 20.0. The minimum absolute atomic E-state index is 0.0825. The number of thioether (sulfide) groups is 1. The lowest BCUT2D eigenvalue weighted by molar-refractivity contribution is -0.141. The summed E-state index contributed by atoms with van der Waals surface area (Å²) in [6, 6.07) is 18.0. The normalized spacial score (nSPS) is 11.7. The zero-order valence-electron chi connectivity index (χ0n) is 15.0. The fourth-order valence-corrected chi connectivity index (χ4v) is 2.75. The molecule has 0 aliphatic carbocycles. The maximum Gasteiger partial charge on any atom is 0.433 e. The highest BCUT2D eigenvalue weighted by atomic mass is 32.2. The first-order chi connectivity index (χ1) is 13.4. The fraction of sp³-hybridized carbons (Fsp3) is 0.143. The van der Waals surface area contributed by atoms with Gasteiger partial charge in [0.05, 0.1) is 5.69 Å². The van der Waals surface area contributed by atoms with Crippen molar-refractivity contribution in [3.05, 3.63) is 83.2 Å². The Balaban J connectivity index is 1.69. The molecule has 0 radical (unpaired) electrons. The van der Waals surface area contributed by atoms with Crippen molar-refractivity contribution >= 4 is 23.9 Å². The van der Waals surface area contributed by atoms with Gasteiger partial charge >= 0.3 is 6.18 Å². The van der Waals surface area contributed by atoms with Crippen molar-refractivity contribution in [3.8, 4) is 5.75 Å². The van der Waals surface area contributed by atoms with Crippen LogP contribution in [0.3, 0.4) is 0 Å². The highest BCUT2D eigenvalue weighted by Crippen LogP contribution is 2.29. The number of rotatable bonds is 6. The lowest BCUT2D eigenvalue weighted by Crippen LogP contribution is -2.10. The molecule has 3 aromatic rings. The minimum atomic E-state index is -4.51. The molecule has 0 saturated carbocycles. The summed E-state index contributed by atoms with van der Waals surface area (Å²) in [5.41, 5.74) is 1.15. The van der Waals surface area contributed by atoms with E-state index in [0.717, 1.165) is 29.0 Å². The largest absolute Gasteiger partial charge is 0.489 e. The van der Waals surface area contributed by atoms with Crippen molar-refractivity contribution in [1.82, 2.24) is 9.97 Å². The van der Waals surface area contributed by atoms with E-state index in [0.29, 0.717) is 12.4 Å². The van der Waals surface area contributed by atoms with E-state index in [-0.39, 0.29) is 10.9 Å². The fourth-order valence-electron chi connectivity index (χ4n) is 2.36. The summed E-state index contributed by atoms with van der Waals surface area (Å²) in [6.45, 7) is 0.467. The molecule has 144 valence electrons. The van der Waals surface area contributed by atoms with Gasteiger partial charge in [-0.3, -0.25) is 0 Å². The number of hydrogen-bond acceptors (Lipinski definition) is 4. The van der Waals surface area contributed by atoms with E-state index in [9.17, 15) is 13.2 Å². The van der Waals surface area contributed by atoms with Crippen LogP contribution in [0.5, 0.6) is 5.75 Å². The van der Waals surface area contributed by atoms with Crippen LogP contribution in [0.15, 0.2) is 65.8 Å². The molecule has 0 spiro atoms. The van der Waals surface area contributed by atoms with Crippen LogP contribution in [-0.2, 0) is 12.8 Å². The molecule has 3 nitrogen and oxygen atoms in total. The van der Waals surface area contributed by atoms with Gasteiger partial charge in [-0.2, -0.15) is 13.2 Å². The first-order valence-electron chi connectivity index (χ1n) is 8.39. The Labute approximate surface area is 165 Å². The summed E-state index contributed by atoms with van der Waals surface area (Å²) in [5, 5.41) is 0.0825. The highest BCUT2D eigenvalue weighted by Gasteiger charge is 2.33. The van der Waals surface area contributed by atoms with E-state index >= 15 is 0 Å². The Morgan fingerprint density at radius 1 is 0.964 bits per heavy atom. The number of alkyl halides is 3. The summed E-state index contributed by atoms with van der Waals surface area (Å²) in [7, 11) is 0. The Hall–Kier alpha value is -2.80. The Morgan fingerprint density at radius 3 is 2.32 bits per heavy atom. The van der Waals surface area contributed by atoms with Gasteiger partial charge in [-0.1, -0.05) is 60.3 Å². The van der Waals surface area contributed by atoms with Gasteiger partial charge < -0.3 is 4.74 Å². The second-order valence-corrected chi connectivity index (χ2v) is 6.61. The van der Waals surface area contributed by atoms with E-state index in [1.54, 1.807) is 12.3 Å². The standard InChI is InChI=1S/C21H17F3N2OS/c1-28-20-25-17(13-19(26-20)21(22,23)24)10-7-15-8-11-18(12-9-15)27-14-16-5-3-2-4-6-16/h2-13H,14H2,1H3/b10-7+. The zero-order valence-corrected chi connectivity index (χ0v) is 15.8. The average molecular weight is 402 g/mol. The monoisotopic (exact) mass is 402 g/mol. The van der Waals surface area contributed by atoms with Crippen molar-refractivity contribution in [2.45, 2.75) is 17.9 Å². The Bertz CT molecular complexity index is 942. The molecule has 2 aromatic carbocycles. The number of ether oxygens (including phenoxy) is 1. The number of nitrogens with zero attached hydrogens (tertiary/aromatic N) is 2. The van der Waals surface area contributed by atoms with Gasteiger partial charge in [0.15, 0.2) is 5.16 Å². The van der Waals surface area contributed by atoms with Crippen LogP contribution < -0.4 is 4.74 Å². The van der Waals surface area contributed by atoms with E-state index < -0.39 is 11.9 Å². The summed E-state index contributed by atoms with van der Waals surface area (Å²) in [6.07, 6.45) is 0.370. The van der Waals surface area contributed by atoms with E-state index in [4.69, 9.17) is 4.74 Å². The maximum absolute atomic E-state index is 12.9. The quantitative estimate of drug-likeness (QED) is 0.376. The molecule has 0 unspecified atom stereocenters. The first-order valence-corrected chi connectivity index (χ1v) is 9.61. The molecule has 0 saturated heterocycles. The van der Waals surface area contributed by atoms with Gasteiger partial charge in [-0.25, -0.2) is 9.97 Å². The van der Waals surface area contributed by atoms with E-state index in [2.05, 4.69) is 9.97 Å². The van der Waals surface area contributed by atoms with Crippen molar-refractivity contribution in [3.63, 3.8) is 0 Å². The van der Waals surface area contributed by atoms with E-state index in [1.165, 1.54) is 6.08 Å². The van der Waals surface area contributed by atoms with Crippen LogP contribution in [0.25, 0.3) is 12.2 Å². The van der Waals surface area contributed by atoms with Gasteiger partial charge in [-0.05, 0) is 41.7 Å². The molecule has 0 N–H and O–H groups in total. The number of hydrogen-bond donors (Lipinski definition) is 0. The summed E-state index contributed by atoms with van der Waals surface area (Å²) >= 11 is 1.07. The number of aromatic nitrogens is 2. The predicted octanol–water partition coefficient (Wildman–Crippen LogP) is 5.97. The SMILES string of the molecule is CSc1nc(/C=C/c2ccc(OCc3ccccc3)cc2)cc(C(F)(F)F)n1. The third-order valence-corrected chi connectivity index (χ3v) is 4.32. The van der Waals surface area contributed by atoms with Crippen LogP contribution in [0.1, 0.15) is 22.5 Å². The van der Waals surface area contributed by atoms with Crippen molar-refractivity contribution < 1.29 is 17.9 Å². The predicted molar refractivity (Wildman–Crippen MR) is 105 cm³/mol. The van der Waals surface area contributed by atoms with Crippen LogP contribution in [0.2, 0.25) is 0 Å². The second kappa shape index (κ2) is 8.93. The highest BCUT2D eigenvalue weighted by molar-refractivity contribution is 7.98. The molecule has 0 fully saturated rings. The lowest BCUT2D eigenvalue weighted by Gasteiger charge is -2.08. The molecule has 1 heterocycles. The molecular weight excluding hydrogens is 385 g/mol. The van der Waals surface area contributed by atoms with Crippen molar-refractivity contribution in [2.75, 3.05) is 6.26 Å².